The highest BCUT2D eigenvalue weighted by molar-refractivity contribution is 8.00. The average Bonchev–Trinajstić information content (AvgIpc) is 2.72. The molecule has 6 heteroatoms. The third-order valence-corrected chi connectivity index (χ3v) is 5.27. The standard InChI is InChI=1S/C23H22N4OS/c1-23(2,3)17-8-10-18(11-9-17)26-21(28)15-29-22-16(14-24)7-12-20(27-22)19-6-4-5-13-25-19/h4-13H,15H2,1-3H3,(H,26,28). The summed E-state index contributed by atoms with van der Waals surface area (Å²) < 4.78 is 0. The topological polar surface area (TPSA) is 78.7 Å². The number of hydrogen-bond donors (Lipinski definition) is 1. The van der Waals surface area contributed by atoms with Crippen molar-refractivity contribution in [3.63, 3.8) is 0 Å². The number of aromatic nitrogens is 2. The second-order valence-corrected chi connectivity index (χ2v) is 8.50. The Morgan fingerprint density at radius 2 is 1.83 bits per heavy atom. The van der Waals surface area contributed by atoms with E-state index in [0.29, 0.717) is 16.3 Å². The van der Waals surface area contributed by atoms with Crippen LogP contribution in [-0.4, -0.2) is 21.6 Å². The fourth-order valence-corrected chi connectivity index (χ4v) is 3.45. The fourth-order valence-electron chi connectivity index (χ4n) is 2.68. The number of pyridine rings is 2. The van der Waals surface area contributed by atoms with Gasteiger partial charge in [0.15, 0.2) is 0 Å². The summed E-state index contributed by atoms with van der Waals surface area (Å²) in [5, 5.41) is 12.8. The maximum Gasteiger partial charge on any atom is 0.234 e. The minimum atomic E-state index is -0.146. The molecule has 0 saturated heterocycles. The van der Waals surface area contributed by atoms with Gasteiger partial charge in [0.25, 0.3) is 0 Å². The average molecular weight is 403 g/mol. The first-order valence-corrected chi connectivity index (χ1v) is 10.2. The molecule has 0 atom stereocenters. The number of nitriles is 1. The van der Waals surface area contributed by atoms with Crippen molar-refractivity contribution in [2.24, 2.45) is 0 Å². The highest BCUT2D eigenvalue weighted by Gasteiger charge is 2.14. The third kappa shape index (κ3) is 5.43. The van der Waals surface area contributed by atoms with Gasteiger partial charge in [-0.15, -0.1) is 0 Å². The van der Waals surface area contributed by atoms with E-state index in [2.05, 4.69) is 42.1 Å². The molecule has 2 aromatic heterocycles. The number of thioether (sulfide) groups is 1. The van der Waals surface area contributed by atoms with Crippen molar-refractivity contribution in [1.29, 1.82) is 5.26 Å². The third-order valence-electron chi connectivity index (χ3n) is 4.28. The second-order valence-electron chi connectivity index (χ2n) is 7.54. The Morgan fingerprint density at radius 1 is 1.07 bits per heavy atom. The van der Waals surface area contributed by atoms with E-state index >= 15 is 0 Å². The van der Waals surface area contributed by atoms with Gasteiger partial charge in [-0.3, -0.25) is 9.78 Å². The number of carbonyl (C=O) groups excluding carboxylic acids is 1. The van der Waals surface area contributed by atoms with E-state index in [-0.39, 0.29) is 17.1 Å². The van der Waals surface area contributed by atoms with Gasteiger partial charge < -0.3 is 5.32 Å². The van der Waals surface area contributed by atoms with Gasteiger partial charge in [0, 0.05) is 11.9 Å². The summed E-state index contributed by atoms with van der Waals surface area (Å²) in [5.41, 5.74) is 3.86. The zero-order chi connectivity index (χ0) is 20.9. The maximum atomic E-state index is 12.4. The molecule has 0 bridgehead atoms. The van der Waals surface area contributed by atoms with Crippen LogP contribution in [0.4, 0.5) is 5.69 Å². The van der Waals surface area contributed by atoms with Crippen LogP contribution < -0.4 is 5.32 Å². The number of nitrogens with one attached hydrogen (secondary N) is 1. The number of nitrogens with zero attached hydrogens (tertiary/aromatic N) is 3. The van der Waals surface area contributed by atoms with E-state index in [0.717, 1.165) is 11.4 Å². The van der Waals surface area contributed by atoms with E-state index in [1.165, 1.54) is 17.3 Å². The van der Waals surface area contributed by atoms with Crippen LogP contribution >= 0.6 is 11.8 Å². The highest BCUT2D eigenvalue weighted by atomic mass is 32.2. The van der Waals surface area contributed by atoms with Crippen LogP contribution in [-0.2, 0) is 10.2 Å². The van der Waals surface area contributed by atoms with Crippen LogP contribution in [0, 0.1) is 11.3 Å². The zero-order valence-electron chi connectivity index (χ0n) is 16.6. The summed E-state index contributed by atoms with van der Waals surface area (Å²) in [6, 6.07) is 19.0. The van der Waals surface area contributed by atoms with Gasteiger partial charge in [-0.25, -0.2) is 4.98 Å². The Kier molecular flexibility index (Phi) is 6.30. The largest absolute Gasteiger partial charge is 0.325 e. The van der Waals surface area contributed by atoms with Crippen LogP contribution in [0.25, 0.3) is 11.4 Å². The molecule has 2 heterocycles. The first kappa shape index (κ1) is 20.6. The normalized spacial score (nSPS) is 11.0. The van der Waals surface area contributed by atoms with E-state index < -0.39 is 0 Å². The first-order chi connectivity index (χ1) is 13.9. The van der Waals surface area contributed by atoms with E-state index in [9.17, 15) is 10.1 Å². The Hall–Kier alpha value is -3.17. The van der Waals surface area contributed by atoms with E-state index in [1.807, 2.05) is 42.5 Å². The number of carbonyl (C=O) groups is 1. The number of hydrogen-bond acceptors (Lipinski definition) is 5. The monoisotopic (exact) mass is 402 g/mol. The second kappa shape index (κ2) is 8.89. The summed E-state index contributed by atoms with van der Waals surface area (Å²) >= 11 is 1.24. The summed E-state index contributed by atoms with van der Waals surface area (Å²) in [5.74, 6) is 0.0152. The molecule has 0 aliphatic heterocycles. The van der Waals surface area contributed by atoms with Crippen molar-refractivity contribution in [3.05, 3.63) is 71.9 Å². The predicted octanol–water partition coefficient (Wildman–Crippen LogP) is 5.04. The van der Waals surface area contributed by atoms with Gasteiger partial charge in [-0.1, -0.05) is 50.7 Å². The van der Waals surface area contributed by atoms with Crippen LogP contribution in [0.2, 0.25) is 0 Å². The molecule has 3 aromatic rings. The van der Waals surface area contributed by atoms with Gasteiger partial charge >= 0.3 is 0 Å². The quantitative estimate of drug-likeness (QED) is 0.605. The smallest absolute Gasteiger partial charge is 0.234 e. The molecule has 0 aliphatic rings. The molecule has 0 spiro atoms. The number of amides is 1. The first-order valence-electron chi connectivity index (χ1n) is 9.22. The Morgan fingerprint density at radius 3 is 2.45 bits per heavy atom. The summed E-state index contributed by atoms with van der Waals surface area (Å²) in [6.07, 6.45) is 1.69. The SMILES string of the molecule is CC(C)(C)c1ccc(NC(=O)CSc2nc(-c3ccccn3)ccc2C#N)cc1. The molecule has 146 valence electrons. The molecule has 5 nitrogen and oxygen atoms in total. The Labute approximate surface area is 175 Å². The van der Waals surface area contributed by atoms with Crippen molar-refractivity contribution >= 4 is 23.4 Å². The summed E-state index contributed by atoms with van der Waals surface area (Å²) in [4.78, 5) is 21.2. The van der Waals surface area contributed by atoms with Gasteiger partial charge in [0.05, 0.1) is 22.7 Å². The minimum Gasteiger partial charge on any atom is -0.325 e. The molecule has 0 saturated carbocycles. The number of anilines is 1. The summed E-state index contributed by atoms with van der Waals surface area (Å²) in [6.45, 7) is 6.45. The van der Waals surface area contributed by atoms with Gasteiger partial charge in [-0.2, -0.15) is 5.26 Å². The van der Waals surface area contributed by atoms with Gasteiger partial charge in [-0.05, 0) is 47.4 Å². The molecule has 3 rings (SSSR count). The van der Waals surface area contributed by atoms with Gasteiger partial charge in [0.1, 0.15) is 11.1 Å². The van der Waals surface area contributed by atoms with Gasteiger partial charge in [0.2, 0.25) is 5.91 Å². The van der Waals surface area contributed by atoms with Crippen molar-refractivity contribution in [3.8, 4) is 17.5 Å². The molecule has 0 fully saturated rings. The molecule has 1 aromatic carbocycles. The molecule has 0 radical (unpaired) electrons. The predicted molar refractivity (Wildman–Crippen MR) is 117 cm³/mol. The van der Waals surface area contributed by atoms with Crippen LogP contribution in [0.3, 0.4) is 0 Å². The number of rotatable bonds is 5. The molecule has 0 aliphatic carbocycles. The van der Waals surface area contributed by atoms with Crippen LogP contribution in [0.5, 0.6) is 0 Å². The lowest BCUT2D eigenvalue weighted by Crippen LogP contribution is -2.15. The summed E-state index contributed by atoms with van der Waals surface area (Å²) in [7, 11) is 0. The molecule has 1 N–H and O–H groups in total. The fraction of sp³-hybridized carbons (Fsp3) is 0.217. The minimum absolute atomic E-state index is 0.0659. The molecule has 29 heavy (non-hydrogen) atoms. The van der Waals surface area contributed by atoms with Crippen LogP contribution in [0.1, 0.15) is 31.9 Å². The maximum absolute atomic E-state index is 12.4. The Bertz CT molecular complexity index is 1040. The zero-order valence-corrected chi connectivity index (χ0v) is 17.5. The van der Waals surface area contributed by atoms with Crippen molar-refractivity contribution in [2.75, 3.05) is 11.1 Å². The lowest BCUT2D eigenvalue weighted by Gasteiger charge is -2.19. The van der Waals surface area contributed by atoms with Crippen molar-refractivity contribution in [2.45, 2.75) is 31.2 Å². The molecular formula is C23H22N4OS. The van der Waals surface area contributed by atoms with Crippen molar-refractivity contribution in [1.82, 2.24) is 9.97 Å². The lowest BCUT2D eigenvalue weighted by molar-refractivity contribution is -0.113. The number of benzene rings is 1. The molecular weight excluding hydrogens is 380 g/mol. The Balaban J connectivity index is 1.67. The highest BCUT2D eigenvalue weighted by Crippen LogP contribution is 2.26. The van der Waals surface area contributed by atoms with Crippen LogP contribution in [0.15, 0.2) is 65.8 Å². The van der Waals surface area contributed by atoms with Crippen molar-refractivity contribution < 1.29 is 4.79 Å². The molecule has 0 unspecified atom stereocenters. The van der Waals surface area contributed by atoms with E-state index in [1.54, 1.807) is 18.3 Å². The molecule has 1 amide bonds. The van der Waals surface area contributed by atoms with E-state index in [4.69, 9.17) is 0 Å². The lowest BCUT2D eigenvalue weighted by atomic mass is 9.87.